The lowest BCUT2D eigenvalue weighted by molar-refractivity contribution is 0.357. The van der Waals surface area contributed by atoms with Crippen molar-refractivity contribution in [1.29, 1.82) is 0 Å². The summed E-state index contributed by atoms with van der Waals surface area (Å²) in [4.78, 5) is 0. The zero-order valence-corrected chi connectivity index (χ0v) is 9.95. The van der Waals surface area contributed by atoms with Crippen molar-refractivity contribution in [2.24, 2.45) is 0 Å². The minimum atomic E-state index is -0.220. The predicted octanol–water partition coefficient (Wildman–Crippen LogP) is 3.37. The number of benzene rings is 2. The quantitative estimate of drug-likeness (QED) is 0.892. The fourth-order valence-electron chi connectivity index (χ4n) is 2.15. The first-order valence-electron chi connectivity index (χ1n) is 6.05. The molecule has 0 atom stereocenters. The minimum absolute atomic E-state index is 0.220. The standard InChI is InChI=1S/C15H14FNO/c16-13-2-1-3-14(9-13)17-10-11-4-5-15-12(8-11)6-7-18-15/h1-5,8-9,17H,6-7,10H2. The summed E-state index contributed by atoms with van der Waals surface area (Å²) in [6, 6.07) is 12.7. The maximum absolute atomic E-state index is 13.0. The maximum atomic E-state index is 13.0. The Morgan fingerprint density at radius 2 is 2.11 bits per heavy atom. The molecule has 2 nitrogen and oxygen atoms in total. The molecule has 92 valence electrons. The SMILES string of the molecule is Fc1cccc(NCc2ccc3c(c2)CCO3)c1. The topological polar surface area (TPSA) is 21.3 Å². The van der Waals surface area contributed by atoms with Crippen LogP contribution >= 0.6 is 0 Å². The minimum Gasteiger partial charge on any atom is -0.493 e. The number of hydrogen-bond donors (Lipinski definition) is 1. The van der Waals surface area contributed by atoms with Gasteiger partial charge in [0.2, 0.25) is 0 Å². The van der Waals surface area contributed by atoms with Crippen molar-refractivity contribution < 1.29 is 9.13 Å². The number of anilines is 1. The van der Waals surface area contributed by atoms with Crippen molar-refractivity contribution in [1.82, 2.24) is 0 Å². The van der Waals surface area contributed by atoms with Crippen LogP contribution in [0.15, 0.2) is 42.5 Å². The Morgan fingerprint density at radius 3 is 3.00 bits per heavy atom. The molecule has 3 rings (SSSR count). The van der Waals surface area contributed by atoms with Crippen LogP contribution in [0.1, 0.15) is 11.1 Å². The van der Waals surface area contributed by atoms with Crippen LogP contribution < -0.4 is 10.1 Å². The number of hydrogen-bond acceptors (Lipinski definition) is 2. The molecule has 3 heteroatoms. The molecule has 0 unspecified atom stereocenters. The normalized spacial score (nSPS) is 12.9. The molecule has 0 aliphatic carbocycles. The average Bonchev–Trinajstić information content (AvgIpc) is 2.84. The van der Waals surface area contributed by atoms with Crippen LogP contribution in [-0.2, 0) is 13.0 Å². The van der Waals surface area contributed by atoms with E-state index in [9.17, 15) is 4.39 Å². The van der Waals surface area contributed by atoms with Crippen LogP contribution in [-0.4, -0.2) is 6.61 Å². The molecular formula is C15H14FNO. The molecule has 2 aromatic carbocycles. The van der Waals surface area contributed by atoms with E-state index < -0.39 is 0 Å². The monoisotopic (exact) mass is 243 g/mol. The smallest absolute Gasteiger partial charge is 0.125 e. The molecule has 1 N–H and O–H groups in total. The average molecular weight is 243 g/mol. The van der Waals surface area contributed by atoms with Crippen LogP contribution in [0.3, 0.4) is 0 Å². The largest absolute Gasteiger partial charge is 0.493 e. The first-order valence-corrected chi connectivity index (χ1v) is 6.05. The molecular weight excluding hydrogens is 229 g/mol. The van der Waals surface area contributed by atoms with Gasteiger partial charge in [0.05, 0.1) is 6.61 Å². The number of rotatable bonds is 3. The molecule has 0 spiro atoms. The third-order valence-electron chi connectivity index (χ3n) is 3.08. The second kappa shape index (κ2) is 4.69. The number of fused-ring (bicyclic) bond motifs is 1. The summed E-state index contributed by atoms with van der Waals surface area (Å²) in [5, 5.41) is 3.21. The first kappa shape index (κ1) is 11.1. The highest BCUT2D eigenvalue weighted by atomic mass is 19.1. The fourth-order valence-corrected chi connectivity index (χ4v) is 2.15. The Hall–Kier alpha value is -2.03. The van der Waals surface area contributed by atoms with E-state index in [1.54, 1.807) is 6.07 Å². The van der Waals surface area contributed by atoms with E-state index in [2.05, 4.69) is 11.4 Å². The highest BCUT2D eigenvalue weighted by molar-refractivity contribution is 5.45. The summed E-state index contributed by atoms with van der Waals surface area (Å²) in [7, 11) is 0. The predicted molar refractivity (Wildman–Crippen MR) is 69.4 cm³/mol. The summed E-state index contributed by atoms with van der Waals surface area (Å²) in [6.45, 7) is 1.47. The summed E-state index contributed by atoms with van der Waals surface area (Å²) in [5.41, 5.74) is 3.24. The number of ether oxygens (including phenoxy) is 1. The lowest BCUT2D eigenvalue weighted by Crippen LogP contribution is -1.99. The zero-order chi connectivity index (χ0) is 12.4. The molecule has 0 amide bonds. The van der Waals surface area contributed by atoms with Crippen LogP contribution in [0.2, 0.25) is 0 Å². The fraction of sp³-hybridized carbons (Fsp3) is 0.200. The van der Waals surface area contributed by atoms with Gasteiger partial charge in [-0.3, -0.25) is 0 Å². The Labute approximate surface area is 105 Å². The van der Waals surface area contributed by atoms with Gasteiger partial charge in [-0.2, -0.15) is 0 Å². The van der Waals surface area contributed by atoms with Crippen LogP contribution in [0.4, 0.5) is 10.1 Å². The molecule has 2 aromatic rings. The van der Waals surface area contributed by atoms with Crippen LogP contribution in [0.25, 0.3) is 0 Å². The summed E-state index contributed by atoms with van der Waals surface area (Å²) in [6.07, 6.45) is 0.975. The van der Waals surface area contributed by atoms with E-state index in [1.165, 1.54) is 23.3 Å². The van der Waals surface area contributed by atoms with Gasteiger partial charge in [-0.1, -0.05) is 18.2 Å². The summed E-state index contributed by atoms with van der Waals surface area (Å²) < 4.78 is 18.5. The third kappa shape index (κ3) is 2.30. The Balaban J connectivity index is 1.70. The van der Waals surface area contributed by atoms with Gasteiger partial charge in [0.15, 0.2) is 0 Å². The second-order valence-corrected chi connectivity index (χ2v) is 4.40. The van der Waals surface area contributed by atoms with E-state index in [-0.39, 0.29) is 5.82 Å². The lowest BCUT2D eigenvalue weighted by Gasteiger charge is -2.08. The molecule has 1 heterocycles. The highest BCUT2D eigenvalue weighted by Gasteiger charge is 2.11. The lowest BCUT2D eigenvalue weighted by atomic mass is 10.1. The molecule has 0 bridgehead atoms. The Kier molecular flexibility index (Phi) is 2.89. The van der Waals surface area contributed by atoms with Crippen LogP contribution in [0.5, 0.6) is 5.75 Å². The second-order valence-electron chi connectivity index (χ2n) is 4.40. The Bertz CT molecular complexity index is 568. The molecule has 1 aliphatic heterocycles. The van der Waals surface area contributed by atoms with Gasteiger partial charge < -0.3 is 10.1 Å². The molecule has 1 aliphatic rings. The van der Waals surface area contributed by atoms with Gasteiger partial charge in [0.1, 0.15) is 11.6 Å². The van der Waals surface area contributed by atoms with Crippen molar-refractivity contribution in [2.45, 2.75) is 13.0 Å². The highest BCUT2D eigenvalue weighted by Crippen LogP contribution is 2.26. The molecule has 18 heavy (non-hydrogen) atoms. The maximum Gasteiger partial charge on any atom is 0.125 e. The van der Waals surface area contributed by atoms with Gasteiger partial charge in [-0.15, -0.1) is 0 Å². The molecule has 0 aromatic heterocycles. The summed E-state index contributed by atoms with van der Waals surface area (Å²) >= 11 is 0. The van der Waals surface area contributed by atoms with E-state index in [4.69, 9.17) is 4.74 Å². The van der Waals surface area contributed by atoms with Gasteiger partial charge >= 0.3 is 0 Å². The molecule has 0 saturated carbocycles. The van der Waals surface area contributed by atoms with E-state index in [0.717, 1.165) is 24.5 Å². The van der Waals surface area contributed by atoms with Crippen molar-refractivity contribution in [3.05, 3.63) is 59.4 Å². The Morgan fingerprint density at radius 1 is 1.17 bits per heavy atom. The molecule has 0 radical (unpaired) electrons. The van der Waals surface area contributed by atoms with Gasteiger partial charge in [0.25, 0.3) is 0 Å². The number of nitrogens with one attached hydrogen (secondary N) is 1. The van der Waals surface area contributed by atoms with E-state index >= 15 is 0 Å². The van der Waals surface area contributed by atoms with E-state index in [0.29, 0.717) is 6.54 Å². The van der Waals surface area contributed by atoms with Gasteiger partial charge in [0, 0.05) is 18.7 Å². The van der Waals surface area contributed by atoms with Crippen molar-refractivity contribution in [2.75, 3.05) is 11.9 Å². The zero-order valence-electron chi connectivity index (χ0n) is 9.95. The van der Waals surface area contributed by atoms with Gasteiger partial charge in [-0.25, -0.2) is 4.39 Å². The van der Waals surface area contributed by atoms with E-state index in [1.807, 2.05) is 18.2 Å². The van der Waals surface area contributed by atoms with Crippen molar-refractivity contribution in [3.8, 4) is 5.75 Å². The summed E-state index contributed by atoms with van der Waals surface area (Å²) in [5.74, 6) is 0.770. The third-order valence-corrected chi connectivity index (χ3v) is 3.08. The molecule has 0 fully saturated rings. The van der Waals surface area contributed by atoms with Crippen molar-refractivity contribution in [3.63, 3.8) is 0 Å². The first-order chi connectivity index (χ1) is 8.81. The molecule has 0 saturated heterocycles. The number of halogens is 1. The van der Waals surface area contributed by atoms with Gasteiger partial charge in [-0.05, 0) is 35.4 Å². The van der Waals surface area contributed by atoms with Crippen LogP contribution in [0, 0.1) is 5.82 Å². The van der Waals surface area contributed by atoms with Crippen molar-refractivity contribution >= 4 is 5.69 Å².